The Morgan fingerprint density at radius 3 is 2.67 bits per heavy atom. The number of quaternary nitrogens is 1. The van der Waals surface area contributed by atoms with Crippen molar-refractivity contribution >= 4 is 5.78 Å². The highest BCUT2D eigenvalue weighted by atomic mass is 16.5. The van der Waals surface area contributed by atoms with Gasteiger partial charge < -0.3 is 9.64 Å². The number of rotatable bonds is 4. The molecule has 0 radical (unpaired) electrons. The van der Waals surface area contributed by atoms with Gasteiger partial charge in [0.25, 0.3) is 0 Å². The molecule has 0 saturated carbocycles. The maximum absolute atomic E-state index is 12.2. The zero-order valence-electron chi connectivity index (χ0n) is 11.3. The first-order valence-corrected chi connectivity index (χ1v) is 6.68. The number of aryl methyl sites for hydroxylation is 2. The third-order valence-electron chi connectivity index (χ3n) is 3.59. The minimum atomic E-state index is 0.270. The van der Waals surface area contributed by atoms with Crippen LogP contribution in [0, 0.1) is 13.8 Å². The fraction of sp³-hybridized carbons (Fsp3) is 0.533. The van der Waals surface area contributed by atoms with Crippen molar-refractivity contribution in [2.24, 2.45) is 0 Å². The summed E-state index contributed by atoms with van der Waals surface area (Å²) in [4.78, 5) is 13.7. The van der Waals surface area contributed by atoms with Gasteiger partial charge in [0.15, 0.2) is 5.78 Å². The molecule has 1 N–H and O–H groups in total. The van der Waals surface area contributed by atoms with Crippen molar-refractivity contribution in [2.75, 3.05) is 32.8 Å². The van der Waals surface area contributed by atoms with Crippen LogP contribution in [0.2, 0.25) is 0 Å². The topological polar surface area (TPSA) is 30.7 Å². The summed E-state index contributed by atoms with van der Waals surface area (Å²) < 4.78 is 5.32. The first-order chi connectivity index (χ1) is 8.66. The molecule has 0 atom stereocenters. The monoisotopic (exact) mass is 248 g/mol. The molecule has 18 heavy (non-hydrogen) atoms. The highest BCUT2D eigenvalue weighted by Crippen LogP contribution is 2.12. The Bertz CT molecular complexity index is 423. The lowest BCUT2D eigenvalue weighted by atomic mass is 10.0. The molecule has 1 aromatic rings. The number of Topliss-reactive ketones (excluding diaryl/α,β-unsaturated/α-hetero) is 1. The van der Waals surface area contributed by atoms with E-state index in [1.165, 1.54) is 10.5 Å². The Kier molecular flexibility index (Phi) is 4.50. The molecule has 1 heterocycles. The van der Waals surface area contributed by atoms with Crippen molar-refractivity contribution in [3.63, 3.8) is 0 Å². The molecular weight excluding hydrogens is 226 g/mol. The summed E-state index contributed by atoms with van der Waals surface area (Å²) in [5.74, 6) is 0.270. The number of hydrogen-bond donors (Lipinski definition) is 1. The lowest BCUT2D eigenvalue weighted by Crippen LogP contribution is -3.14. The number of ether oxygens (including phenoxy) is 1. The Labute approximate surface area is 109 Å². The fourth-order valence-corrected chi connectivity index (χ4v) is 2.46. The molecule has 98 valence electrons. The second-order valence-corrected chi connectivity index (χ2v) is 5.10. The highest BCUT2D eigenvalue weighted by molar-refractivity contribution is 5.97. The Morgan fingerprint density at radius 1 is 1.28 bits per heavy atom. The van der Waals surface area contributed by atoms with Crippen LogP contribution in [0.4, 0.5) is 0 Å². The van der Waals surface area contributed by atoms with Crippen molar-refractivity contribution in [1.82, 2.24) is 0 Å². The van der Waals surface area contributed by atoms with Crippen molar-refractivity contribution in [3.8, 4) is 0 Å². The van der Waals surface area contributed by atoms with Crippen LogP contribution < -0.4 is 4.90 Å². The summed E-state index contributed by atoms with van der Waals surface area (Å²) in [5, 5.41) is 0. The van der Waals surface area contributed by atoms with Gasteiger partial charge in [-0.1, -0.05) is 23.8 Å². The number of carbonyl (C=O) groups excluding carboxylic acids is 1. The van der Waals surface area contributed by atoms with Crippen molar-refractivity contribution in [3.05, 3.63) is 34.9 Å². The standard InChI is InChI=1S/C15H21NO2/c1-12-3-4-14(13(2)11-12)15(17)5-6-16-7-9-18-10-8-16/h3-4,11H,5-10H2,1-2H3/p+1. The molecule has 3 nitrogen and oxygen atoms in total. The summed E-state index contributed by atoms with van der Waals surface area (Å²) in [6.45, 7) is 8.71. The maximum atomic E-state index is 12.2. The summed E-state index contributed by atoms with van der Waals surface area (Å²) in [6, 6.07) is 6.05. The molecule has 1 saturated heterocycles. The lowest BCUT2D eigenvalue weighted by Gasteiger charge is -2.23. The molecular formula is C15H22NO2+. The van der Waals surface area contributed by atoms with Gasteiger partial charge in [-0.3, -0.25) is 4.79 Å². The Balaban J connectivity index is 1.90. The van der Waals surface area contributed by atoms with Crippen LogP contribution in [-0.4, -0.2) is 38.6 Å². The van der Waals surface area contributed by atoms with E-state index in [2.05, 4.69) is 13.0 Å². The average Bonchev–Trinajstić information content (AvgIpc) is 2.37. The number of nitrogens with one attached hydrogen (secondary N) is 1. The quantitative estimate of drug-likeness (QED) is 0.799. The third kappa shape index (κ3) is 3.40. The second-order valence-electron chi connectivity index (χ2n) is 5.10. The minimum absolute atomic E-state index is 0.270. The molecule has 0 aliphatic carbocycles. The normalized spacial score (nSPS) is 16.8. The van der Waals surface area contributed by atoms with E-state index < -0.39 is 0 Å². The van der Waals surface area contributed by atoms with Crippen LogP contribution in [0.15, 0.2) is 18.2 Å². The van der Waals surface area contributed by atoms with Crippen LogP contribution in [0.5, 0.6) is 0 Å². The van der Waals surface area contributed by atoms with Gasteiger partial charge in [-0.15, -0.1) is 0 Å². The van der Waals surface area contributed by atoms with Crippen LogP contribution in [0.25, 0.3) is 0 Å². The first kappa shape index (κ1) is 13.2. The van der Waals surface area contributed by atoms with Gasteiger partial charge >= 0.3 is 0 Å². The van der Waals surface area contributed by atoms with Crippen molar-refractivity contribution in [2.45, 2.75) is 20.3 Å². The van der Waals surface area contributed by atoms with E-state index in [9.17, 15) is 4.79 Å². The number of ketones is 1. The van der Waals surface area contributed by atoms with Gasteiger partial charge in [0.2, 0.25) is 0 Å². The highest BCUT2D eigenvalue weighted by Gasteiger charge is 2.16. The van der Waals surface area contributed by atoms with E-state index in [1.54, 1.807) is 0 Å². The largest absolute Gasteiger partial charge is 0.370 e. The molecule has 1 aliphatic heterocycles. The predicted molar refractivity (Wildman–Crippen MR) is 71.2 cm³/mol. The van der Waals surface area contributed by atoms with Crippen LogP contribution in [-0.2, 0) is 4.74 Å². The van der Waals surface area contributed by atoms with E-state index in [0.717, 1.165) is 44.0 Å². The van der Waals surface area contributed by atoms with Crippen LogP contribution >= 0.6 is 0 Å². The molecule has 0 unspecified atom stereocenters. The summed E-state index contributed by atoms with van der Waals surface area (Å²) >= 11 is 0. The SMILES string of the molecule is Cc1ccc(C(=O)CC[NH+]2CCOCC2)c(C)c1. The van der Waals surface area contributed by atoms with Gasteiger partial charge in [-0.05, 0) is 19.4 Å². The molecule has 0 bridgehead atoms. The molecule has 1 fully saturated rings. The molecule has 0 aromatic heterocycles. The van der Waals surface area contributed by atoms with Gasteiger partial charge in [0.1, 0.15) is 13.1 Å². The first-order valence-electron chi connectivity index (χ1n) is 6.68. The van der Waals surface area contributed by atoms with Gasteiger partial charge in [0.05, 0.1) is 26.2 Å². The molecule has 3 heteroatoms. The summed E-state index contributed by atoms with van der Waals surface area (Å²) in [5.41, 5.74) is 3.19. The Hall–Kier alpha value is -1.19. The lowest BCUT2D eigenvalue weighted by molar-refractivity contribution is -0.907. The van der Waals surface area contributed by atoms with E-state index in [1.807, 2.05) is 19.1 Å². The van der Waals surface area contributed by atoms with E-state index in [4.69, 9.17) is 4.74 Å². The van der Waals surface area contributed by atoms with Gasteiger partial charge in [-0.25, -0.2) is 0 Å². The predicted octanol–water partition coefficient (Wildman–Crippen LogP) is 0.791. The fourth-order valence-electron chi connectivity index (χ4n) is 2.46. The van der Waals surface area contributed by atoms with Gasteiger partial charge in [-0.2, -0.15) is 0 Å². The molecule has 1 aliphatic rings. The summed E-state index contributed by atoms with van der Waals surface area (Å²) in [7, 11) is 0. The Morgan fingerprint density at radius 2 is 2.00 bits per heavy atom. The molecule has 1 aromatic carbocycles. The minimum Gasteiger partial charge on any atom is -0.370 e. The maximum Gasteiger partial charge on any atom is 0.168 e. The van der Waals surface area contributed by atoms with E-state index in [-0.39, 0.29) is 5.78 Å². The van der Waals surface area contributed by atoms with E-state index >= 15 is 0 Å². The van der Waals surface area contributed by atoms with Crippen molar-refractivity contribution < 1.29 is 14.4 Å². The second kappa shape index (κ2) is 6.12. The average molecular weight is 248 g/mol. The number of hydrogen-bond acceptors (Lipinski definition) is 2. The van der Waals surface area contributed by atoms with Crippen molar-refractivity contribution in [1.29, 1.82) is 0 Å². The number of benzene rings is 1. The third-order valence-corrected chi connectivity index (χ3v) is 3.59. The zero-order chi connectivity index (χ0) is 13.0. The van der Waals surface area contributed by atoms with Crippen LogP contribution in [0.1, 0.15) is 27.9 Å². The number of carbonyl (C=O) groups is 1. The van der Waals surface area contributed by atoms with Crippen LogP contribution in [0.3, 0.4) is 0 Å². The summed E-state index contributed by atoms with van der Waals surface area (Å²) in [6.07, 6.45) is 0.638. The smallest absolute Gasteiger partial charge is 0.168 e. The zero-order valence-corrected chi connectivity index (χ0v) is 11.3. The molecule has 0 amide bonds. The molecule has 2 rings (SSSR count). The van der Waals surface area contributed by atoms with E-state index in [0.29, 0.717) is 6.42 Å². The number of morpholine rings is 1. The van der Waals surface area contributed by atoms with Gasteiger partial charge in [0, 0.05) is 5.56 Å². The molecule has 0 spiro atoms.